The molecule has 0 unspecified atom stereocenters. The van der Waals surface area contributed by atoms with Gasteiger partial charge < -0.3 is 11.1 Å². The zero-order valence-electron chi connectivity index (χ0n) is 9.58. The van der Waals surface area contributed by atoms with Crippen molar-refractivity contribution < 1.29 is 0 Å². The molecule has 0 fully saturated rings. The van der Waals surface area contributed by atoms with E-state index in [1.807, 2.05) is 24.3 Å². The van der Waals surface area contributed by atoms with Gasteiger partial charge in [0.25, 0.3) is 0 Å². The molecular weight excluding hydrogens is 367 g/mol. The van der Waals surface area contributed by atoms with Crippen LogP contribution in [0.1, 0.15) is 5.56 Å². The third-order valence-corrected chi connectivity index (χ3v) is 3.90. The van der Waals surface area contributed by atoms with E-state index in [0.717, 1.165) is 21.4 Å². The number of benzene rings is 2. The van der Waals surface area contributed by atoms with E-state index in [9.17, 15) is 0 Å². The monoisotopic (exact) mass is 374 g/mol. The molecule has 0 atom stereocenters. The Morgan fingerprint density at radius 1 is 1.11 bits per heavy atom. The highest BCUT2D eigenvalue weighted by atomic mass is 79.9. The number of thiocarbonyl (C=S) groups is 1. The molecule has 98 valence electrons. The standard InChI is InChI=1S/C13H9BrCl2N2S/c14-7-1-4-12(9(5-7)13(17)19)18-8-2-3-10(15)11(16)6-8/h1-6,18H,(H2,17,19). The molecule has 19 heavy (non-hydrogen) atoms. The van der Waals surface area contributed by atoms with Gasteiger partial charge in [0.15, 0.2) is 0 Å². The maximum atomic E-state index is 5.98. The number of hydrogen-bond donors (Lipinski definition) is 2. The van der Waals surface area contributed by atoms with Crippen LogP contribution < -0.4 is 11.1 Å². The van der Waals surface area contributed by atoms with Crippen molar-refractivity contribution in [3.8, 4) is 0 Å². The normalized spacial score (nSPS) is 10.3. The van der Waals surface area contributed by atoms with Gasteiger partial charge in [0.05, 0.1) is 10.0 Å². The molecule has 0 saturated heterocycles. The van der Waals surface area contributed by atoms with Crippen LogP contribution in [0, 0.1) is 0 Å². The molecule has 0 bridgehead atoms. The molecule has 0 aliphatic rings. The van der Waals surface area contributed by atoms with Gasteiger partial charge >= 0.3 is 0 Å². The predicted molar refractivity (Wildman–Crippen MR) is 89.8 cm³/mol. The van der Waals surface area contributed by atoms with Crippen LogP contribution in [0.3, 0.4) is 0 Å². The highest BCUT2D eigenvalue weighted by molar-refractivity contribution is 9.10. The second kappa shape index (κ2) is 6.09. The molecule has 2 aromatic rings. The Morgan fingerprint density at radius 3 is 2.47 bits per heavy atom. The van der Waals surface area contributed by atoms with E-state index in [1.165, 1.54) is 0 Å². The summed E-state index contributed by atoms with van der Waals surface area (Å²) in [5.41, 5.74) is 8.10. The lowest BCUT2D eigenvalue weighted by atomic mass is 10.1. The van der Waals surface area contributed by atoms with Crippen molar-refractivity contribution in [2.24, 2.45) is 5.73 Å². The van der Waals surface area contributed by atoms with Gasteiger partial charge in [-0.3, -0.25) is 0 Å². The molecule has 6 heteroatoms. The van der Waals surface area contributed by atoms with Crippen molar-refractivity contribution in [2.45, 2.75) is 0 Å². The van der Waals surface area contributed by atoms with Crippen molar-refractivity contribution in [2.75, 3.05) is 5.32 Å². The van der Waals surface area contributed by atoms with Crippen molar-refractivity contribution in [3.05, 3.63) is 56.5 Å². The summed E-state index contributed by atoms with van der Waals surface area (Å²) in [5, 5.41) is 4.22. The zero-order chi connectivity index (χ0) is 14.0. The summed E-state index contributed by atoms with van der Waals surface area (Å²) in [6, 6.07) is 11.0. The molecule has 0 saturated carbocycles. The number of nitrogens with one attached hydrogen (secondary N) is 1. The first kappa shape index (κ1) is 14.6. The van der Waals surface area contributed by atoms with E-state index >= 15 is 0 Å². The molecule has 0 aliphatic heterocycles. The molecule has 0 aliphatic carbocycles. The third kappa shape index (κ3) is 3.60. The molecule has 2 nitrogen and oxygen atoms in total. The Kier molecular flexibility index (Phi) is 4.68. The van der Waals surface area contributed by atoms with E-state index in [-0.39, 0.29) is 0 Å². The highest BCUT2D eigenvalue weighted by Gasteiger charge is 2.07. The average molecular weight is 376 g/mol. The maximum Gasteiger partial charge on any atom is 0.106 e. The van der Waals surface area contributed by atoms with Crippen LogP contribution in [-0.4, -0.2) is 4.99 Å². The molecule has 0 amide bonds. The van der Waals surface area contributed by atoms with Gasteiger partial charge in [-0.1, -0.05) is 51.3 Å². The number of rotatable bonds is 3. The molecule has 2 rings (SSSR count). The van der Waals surface area contributed by atoms with E-state index in [2.05, 4.69) is 21.2 Å². The summed E-state index contributed by atoms with van der Waals surface area (Å²) in [4.78, 5) is 0.323. The van der Waals surface area contributed by atoms with Gasteiger partial charge in [-0.25, -0.2) is 0 Å². The van der Waals surface area contributed by atoms with E-state index in [4.69, 9.17) is 41.2 Å². The van der Waals surface area contributed by atoms with Gasteiger partial charge in [-0.2, -0.15) is 0 Å². The van der Waals surface area contributed by atoms with Crippen LogP contribution in [0.25, 0.3) is 0 Å². The summed E-state index contributed by atoms with van der Waals surface area (Å²) >= 11 is 20.3. The second-order valence-electron chi connectivity index (χ2n) is 3.81. The predicted octanol–water partition coefficient (Wildman–Crippen LogP) is 5.13. The first-order chi connectivity index (χ1) is 8.97. The summed E-state index contributed by atoms with van der Waals surface area (Å²) < 4.78 is 0.912. The molecule has 0 spiro atoms. The molecular formula is C13H9BrCl2N2S. The molecule has 0 heterocycles. The summed E-state index contributed by atoms with van der Waals surface area (Å²) in [6.07, 6.45) is 0. The van der Waals surface area contributed by atoms with Gasteiger partial charge in [0.1, 0.15) is 4.99 Å². The Hall–Kier alpha value is -0.810. The Morgan fingerprint density at radius 2 is 1.84 bits per heavy atom. The van der Waals surface area contributed by atoms with Crippen LogP contribution in [0.4, 0.5) is 11.4 Å². The number of halogens is 3. The van der Waals surface area contributed by atoms with Crippen molar-refractivity contribution in [1.82, 2.24) is 0 Å². The SMILES string of the molecule is NC(=S)c1cc(Br)ccc1Nc1ccc(Cl)c(Cl)c1. The quantitative estimate of drug-likeness (QED) is 0.730. The topological polar surface area (TPSA) is 38.0 Å². The fourth-order valence-corrected chi connectivity index (χ4v) is 2.39. The number of hydrogen-bond acceptors (Lipinski definition) is 2. The smallest absolute Gasteiger partial charge is 0.106 e. The van der Waals surface area contributed by atoms with Gasteiger partial charge in [0.2, 0.25) is 0 Å². The molecule has 3 N–H and O–H groups in total. The van der Waals surface area contributed by atoms with Crippen LogP contribution >= 0.6 is 51.3 Å². The summed E-state index contributed by atoms with van der Waals surface area (Å²) in [6.45, 7) is 0. The molecule has 0 aromatic heterocycles. The van der Waals surface area contributed by atoms with Crippen molar-refractivity contribution >= 4 is 67.7 Å². The highest BCUT2D eigenvalue weighted by Crippen LogP contribution is 2.29. The Balaban J connectivity index is 2.37. The fourth-order valence-electron chi connectivity index (χ4n) is 1.56. The zero-order valence-corrected chi connectivity index (χ0v) is 13.5. The van der Waals surface area contributed by atoms with Crippen LogP contribution in [0.2, 0.25) is 10.0 Å². The largest absolute Gasteiger partial charge is 0.389 e. The fraction of sp³-hybridized carbons (Fsp3) is 0. The minimum atomic E-state index is 0.323. The first-order valence-electron chi connectivity index (χ1n) is 5.29. The van der Waals surface area contributed by atoms with Gasteiger partial charge in [-0.05, 0) is 36.4 Å². The Labute approximate surface area is 135 Å². The van der Waals surface area contributed by atoms with Crippen molar-refractivity contribution in [1.29, 1.82) is 0 Å². The van der Waals surface area contributed by atoms with E-state index in [1.54, 1.807) is 12.1 Å². The molecule has 2 aromatic carbocycles. The summed E-state index contributed by atoms with van der Waals surface area (Å²) in [5.74, 6) is 0. The van der Waals surface area contributed by atoms with Gasteiger partial charge in [-0.15, -0.1) is 0 Å². The minimum Gasteiger partial charge on any atom is -0.389 e. The lowest BCUT2D eigenvalue weighted by Gasteiger charge is -2.12. The lowest BCUT2D eigenvalue weighted by molar-refractivity contribution is 1.51. The molecule has 0 radical (unpaired) electrons. The van der Waals surface area contributed by atoms with E-state index < -0.39 is 0 Å². The minimum absolute atomic E-state index is 0.323. The Bertz CT molecular complexity index is 647. The van der Waals surface area contributed by atoms with Crippen LogP contribution in [0.15, 0.2) is 40.9 Å². The lowest BCUT2D eigenvalue weighted by Crippen LogP contribution is -2.11. The number of nitrogens with two attached hydrogens (primary N) is 1. The van der Waals surface area contributed by atoms with Crippen LogP contribution in [0.5, 0.6) is 0 Å². The average Bonchev–Trinajstić information content (AvgIpc) is 2.36. The first-order valence-corrected chi connectivity index (χ1v) is 7.24. The summed E-state index contributed by atoms with van der Waals surface area (Å²) in [7, 11) is 0. The number of anilines is 2. The van der Waals surface area contributed by atoms with Gasteiger partial charge in [0, 0.05) is 21.4 Å². The van der Waals surface area contributed by atoms with Crippen molar-refractivity contribution in [3.63, 3.8) is 0 Å². The maximum absolute atomic E-state index is 5.98. The third-order valence-electron chi connectivity index (χ3n) is 2.45. The second-order valence-corrected chi connectivity index (χ2v) is 5.98. The van der Waals surface area contributed by atoms with Crippen LogP contribution in [-0.2, 0) is 0 Å². The van der Waals surface area contributed by atoms with E-state index in [0.29, 0.717) is 15.0 Å².